The van der Waals surface area contributed by atoms with Crippen molar-refractivity contribution in [1.82, 2.24) is 0 Å². The second-order valence-electron chi connectivity index (χ2n) is 9.84. The van der Waals surface area contributed by atoms with Gasteiger partial charge in [0.2, 0.25) is 0 Å². The van der Waals surface area contributed by atoms with Crippen LogP contribution < -0.4 is 14.2 Å². The van der Waals surface area contributed by atoms with Gasteiger partial charge in [0.05, 0.1) is 6.61 Å². The molecule has 3 aromatic carbocycles. The molecule has 0 atom stereocenters. The molecule has 0 aliphatic heterocycles. The maximum absolute atomic E-state index is 15.1. The Bertz CT molecular complexity index is 1130. The molecule has 0 N–H and O–H groups in total. The van der Waals surface area contributed by atoms with Gasteiger partial charge in [0.1, 0.15) is 23.1 Å². The summed E-state index contributed by atoms with van der Waals surface area (Å²) in [5, 5.41) is 0. The van der Waals surface area contributed by atoms with Crippen molar-refractivity contribution in [2.24, 2.45) is 5.92 Å². The molecular formula is C32H37FO4. The SMILES string of the molecule is CCCCC[C@H]1CC[C@H](c2ccc(-c3ccc(OC(=O)Oc4ccc(OCC)cc4)cc3)c(F)c2)CC1. The lowest BCUT2D eigenvalue weighted by Gasteiger charge is -2.29. The van der Waals surface area contributed by atoms with Gasteiger partial charge in [0.25, 0.3) is 0 Å². The van der Waals surface area contributed by atoms with Crippen molar-refractivity contribution in [3.63, 3.8) is 0 Å². The Kier molecular flexibility index (Phi) is 9.58. The molecule has 0 bridgehead atoms. The van der Waals surface area contributed by atoms with Crippen LogP contribution in [0.25, 0.3) is 11.1 Å². The van der Waals surface area contributed by atoms with Crippen LogP contribution in [-0.4, -0.2) is 12.8 Å². The summed E-state index contributed by atoms with van der Waals surface area (Å²) in [6.45, 7) is 4.71. The average molecular weight is 505 g/mol. The van der Waals surface area contributed by atoms with Crippen molar-refractivity contribution in [3.05, 3.63) is 78.1 Å². The Morgan fingerprint density at radius 3 is 2.03 bits per heavy atom. The molecule has 1 fully saturated rings. The zero-order valence-corrected chi connectivity index (χ0v) is 21.9. The monoisotopic (exact) mass is 504 g/mol. The minimum atomic E-state index is -0.840. The van der Waals surface area contributed by atoms with E-state index in [9.17, 15) is 4.79 Å². The van der Waals surface area contributed by atoms with Gasteiger partial charge >= 0.3 is 6.16 Å². The molecule has 0 aromatic heterocycles. The van der Waals surface area contributed by atoms with Crippen molar-refractivity contribution in [2.45, 2.75) is 71.1 Å². The summed E-state index contributed by atoms with van der Waals surface area (Å²) in [4.78, 5) is 12.1. The van der Waals surface area contributed by atoms with Crippen LogP contribution in [0, 0.1) is 11.7 Å². The highest BCUT2D eigenvalue weighted by molar-refractivity contribution is 5.69. The molecule has 1 saturated carbocycles. The number of carbonyl (C=O) groups excluding carboxylic acids is 1. The van der Waals surface area contributed by atoms with E-state index in [0.717, 1.165) is 29.9 Å². The zero-order valence-electron chi connectivity index (χ0n) is 21.9. The molecule has 1 aliphatic carbocycles. The van der Waals surface area contributed by atoms with E-state index in [1.807, 2.05) is 13.0 Å². The third kappa shape index (κ3) is 7.58. The van der Waals surface area contributed by atoms with E-state index in [-0.39, 0.29) is 5.82 Å². The van der Waals surface area contributed by atoms with Gasteiger partial charge in [-0.15, -0.1) is 0 Å². The fourth-order valence-electron chi connectivity index (χ4n) is 5.17. The number of hydrogen-bond donors (Lipinski definition) is 0. The summed E-state index contributed by atoms with van der Waals surface area (Å²) in [7, 11) is 0. The fraction of sp³-hybridized carbons (Fsp3) is 0.406. The van der Waals surface area contributed by atoms with E-state index in [0.29, 0.717) is 35.3 Å². The molecule has 0 radical (unpaired) electrons. The lowest BCUT2D eigenvalue weighted by Crippen LogP contribution is -2.13. The lowest BCUT2D eigenvalue weighted by molar-refractivity contribution is 0.152. The van der Waals surface area contributed by atoms with Crippen LogP contribution >= 0.6 is 0 Å². The van der Waals surface area contributed by atoms with Crippen LogP contribution in [0.3, 0.4) is 0 Å². The molecule has 0 amide bonds. The maximum Gasteiger partial charge on any atom is 0.519 e. The van der Waals surface area contributed by atoms with Gasteiger partial charge in [0.15, 0.2) is 0 Å². The first kappa shape index (κ1) is 26.7. The van der Waals surface area contributed by atoms with E-state index in [1.165, 1.54) is 38.5 Å². The van der Waals surface area contributed by atoms with Gasteiger partial charge in [0, 0.05) is 5.56 Å². The summed E-state index contributed by atoms with van der Waals surface area (Å²) < 4.78 is 30.9. The zero-order chi connectivity index (χ0) is 26.0. The number of carbonyl (C=O) groups is 1. The standard InChI is InChI=1S/C32H37FO4/c1-3-5-6-7-23-8-10-24(11-9-23)26-14-21-30(31(33)22-26)25-12-15-28(16-13-25)36-32(34)37-29-19-17-27(18-20-29)35-4-2/h12-24H,3-11H2,1-2H3/t23-,24-. The lowest BCUT2D eigenvalue weighted by atomic mass is 9.77. The number of unbranched alkanes of at least 4 members (excludes halogenated alkanes) is 2. The Balaban J connectivity index is 1.31. The second-order valence-corrected chi connectivity index (χ2v) is 9.84. The number of hydrogen-bond acceptors (Lipinski definition) is 4. The summed E-state index contributed by atoms with van der Waals surface area (Å²) in [6.07, 6.45) is 9.23. The van der Waals surface area contributed by atoms with Crippen LogP contribution in [-0.2, 0) is 0 Å². The van der Waals surface area contributed by atoms with E-state index >= 15 is 4.39 Å². The van der Waals surface area contributed by atoms with Crippen molar-refractivity contribution >= 4 is 6.16 Å². The summed E-state index contributed by atoms with van der Waals surface area (Å²) in [6, 6.07) is 19.1. The normalized spacial score (nSPS) is 17.3. The molecule has 3 aromatic rings. The van der Waals surface area contributed by atoms with Crippen molar-refractivity contribution < 1.29 is 23.4 Å². The van der Waals surface area contributed by atoms with Gasteiger partial charge < -0.3 is 14.2 Å². The minimum Gasteiger partial charge on any atom is -0.494 e. The predicted octanol–water partition coefficient (Wildman–Crippen LogP) is 9.32. The summed E-state index contributed by atoms with van der Waals surface area (Å²) in [5.74, 6) is 2.45. The largest absolute Gasteiger partial charge is 0.519 e. The van der Waals surface area contributed by atoms with Crippen LogP contribution in [0.5, 0.6) is 17.2 Å². The number of rotatable bonds is 10. The van der Waals surface area contributed by atoms with E-state index < -0.39 is 6.16 Å². The quantitative estimate of drug-likeness (QED) is 0.157. The molecule has 1 aliphatic rings. The number of halogens is 1. The first-order chi connectivity index (χ1) is 18.1. The molecule has 0 saturated heterocycles. The van der Waals surface area contributed by atoms with Crippen LogP contribution in [0.15, 0.2) is 66.7 Å². The van der Waals surface area contributed by atoms with Crippen molar-refractivity contribution in [1.29, 1.82) is 0 Å². The van der Waals surface area contributed by atoms with Crippen molar-refractivity contribution in [3.8, 4) is 28.4 Å². The van der Waals surface area contributed by atoms with Gasteiger partial charge in [-0.2, -0.15) is 0 Å². The molecule has 196 valence electrons. The highest BCUT2D eigenvalue weighted by atomic mass is 19.1. The van der Waals surface area contributed by atoms with Gasteiger partial charge in [-0.25, -0.2) is 9.18 Å². The fourth-order valence-corrected chi connectivity index (χ4v) is 5.17. The Morgan fingerprint density at radius 1 is 0.811 bits per heavy atom. The third-order valence-corrected chi connectivity index (χ3v) is 7.23. The molecule has 4 nitrogen and oxygen atoms in total. The number of benzene rings is 3. The molecule has 37 heavy (non-hydrogen) atoms. The Labute approximate surface area is 219 Å². The molecule has 5 heteroatoms. The molecule has 0 unspecified atom stereocenters. The van der Waals surface area contributed by atoms with Crippen molar-refractivity contribution in [2.75, 3.05) is 6.61 Å². The first-order valence-electron chi connectivity index (χ1n) is 13.6. The van der Waals surface area contributed by atoms with Crippen LogP contribution in [0.1, 0.15) is 76.7 Å². The smallest absolute Gasteiger partial charge is 0.494 e. The van der Waals surface area contributed by atoms with Gasteiger partial charge in [-0.3, -0.25) is 0 Å². The molecular weight excluding hydrogens is 467 g/mol. The maximum atomic E-state index is 15.1. The second kappa shape index (κ2) is 13.3. The number of ether oxygens (including phenoxy) is 3. The summed E-state index contributed by atoms with van der Waals surface area (Å²) in [5.41, 5.74) is 2.38. The van der Waals surface area contributed by atoms with E-state index in [1.54, 1.807) is 54.6 Å². The Morgan fingerprint density at radius 2 is 1.43 bits per heavy atom. The first-order valence-corrected chi connectivity index (χ1v) is 13.6. The van der Waals surface area contributed by atoms with E-state index in [2.05, 4.69) is 13.0 Å². The van der Waals surface area contributed by atoms with Crippen LogP contribution in [0.4, 0.5) is 9.18 Å². The average Bonchev–Trinajstić information content (AvgIpc) is 2.91. The topological polar surface area (TPSA) is 44.8 Å². The summed E-state index contributed by atoms with van der Waals surface area (Å²) >= 11 is 0. The Hall–Kier alpha value is -3.34. The highest BCUT2D eigenvalue weighted by Gasteiger charge is 2.23. The molecule has 4 rings (SSSR count). The minimum absolute atomic E-state index is 0.217. The van der Waals surface area contributed by atoms with Gasteiger partial charge in [-0.05, 0) is 98.0 Å². The third-order valence-electron chi connectivity index (χ3n) is 7.23. The predicted molar refractivity (Wildman–Crippen MR) is 145 cm³/mol. The molecule has 0 spiro atoms. The van der Waals surface area contributed by atoms with Crippen LogP contribution in [0.2, 0.25) is 0 Å². The highest BCUT2D eigenvalue weighted by Crippen LogP contribution is 2.39. The van der Waals surface area contributed by atoms with E-state index in [4.69, 9.17) is 14.2 Å². The van der Waals surface area contributed by atoms with Gasteiger partial charge in [-0.1, -0.05) is 56.9 Å². The molecule has 0 heterocycles.